The molecular weight excluding hydrogens is 262 g/mol. The molecule has 0 aliphatic rings. The van der Waals surface area contributed by atoms with Crippen molar-refractivity contribution in [3.05, 3.63) is 57.8 Å². The lowest BCUT2D eigenvalue weighted by Crippen LogP contribution is -2.09. The van der Waals surface area contributed by atoms with E-state index >= 15 is 0 Å². The average molecular weight is 271 g/mol. The molecule has 0 bridgehead atoms. The first-order valence-electron chi connectivity index (χ1n) is 5.35. The van der Waals surface area contributed by atoms with E-state index in [1.165, 1.54) is 18.3 Å². The van der Waals surface area contributed by atoms with Gasteiger partial charge in [-0.1, -0.05) is 6.07 Å². The van der Waals surface area contributed by atoms with E-state index in [0.29, 0.717) is 11.1 Å². The number of halogens is 4. The average Bonchev–Trinajstić information content (AvgIpc) is 2.29. The zero-order valence-electron chi connectivity index (χ0n) is 9.81. The van der Waals surface area contributed by atoms with Crippen LogP contribution in [0.2, 0.25) is 0 Å². The van der Waals surface area contributed by atoms with Gasteiger partial charge in [0.15, 0.2) is 0 Å². The van der Waals surface area contributed by atoms with Crippen LogP contribution in [0.1, 0.15) is 11.1 Å². The topological polar surface area (TPSA) is 32.9 Å². The summed E-state index contributed by atoms with van der Waals surface area (Å²) in [5, 5.41) is 0. The maximum absolute atomic E-state index is 13.2. The molecule has 0 spiro atoms. The zero-order chi connectivity index (χ0) is 14.2. The maximum Gasteiger partial charge on any atom is 0.419 e. The Bertz CT molecular complexity index is 673. The van der Waals surface area contributed by atoms with E-state index in [2.05, 4.69) is 4.98 Å². The number of rotatable bonds is 1. The summed E-state index contributed by atoms with van der Waals surface area (Å²) in [5.74, 6) is -1.32. The number of alkyl halides is 3. The molecule has 0 radical (unpaired) electrons. The van der Waals surface area contributed by atoms with Gasteiger partial charge in [-0.3, -0.25) is 4.79 Å². The molecule has 0 aliphatic carbocycles. The van der Waals surface area contributed by atoms with Crippen molar-refractivity contribution < 1.29 is 17.6 Å². The van der Waals surface area contributed by atoms with Crippen LogP contribution in [0.5, 0.6) is 0 Å². The fourth-order valence-electron chi connectivity index (χ4n) is 1.79. The van der Waals surface area contributed by atoms with Crippen molar-refractivity contribution in [2.24, 2.45) is 0 Å². The third kappa shape index (κ3) is 2.67. The van der Waals surface area contributed by atoms with E-state index in [-0.39, 0.29) is 11.1 Å². The normalized spacial score (nSPS) is 11.6. The van der Waals surface area contributed by atoms with Crippen LogP contribution >= 0.6 is 0 Å². The summed E-state index contributed by atoms with van der Waals surface area (Å²) in [7, 11) is 0. The summed E-state index contributed by atoms with van der Waals surface area (Å²) in [5.41, 5.74) is -0.536. The quantitative estimate of drug-likeness (QED) is 0.791. The number of benzene rings is 1. The molecule has 0 fully saturated rings. The monoisotopic (exact) mass is 271 g/mol. The van der Waals surface area contributed by atoms with Crippen LogP contribution < -0.4 is 5.56 Å². The van der Waals surface area contributed by atoms with Gasteiger partial charge in [0.1, 0.15) is 5.82 Å². The van der Waals surface area contributed by atoms with E-state index in [0.717, 1.165) is 12.1 Å². The minimum absolute atomic E-state index is 0.197. The van der Waals surface area contributed by atoms with Gasteiger partial charge >= 0.3 is 6.18 Å². The maximum atomic E-state index is 13.2. The molecule has 0 unspecified atom stereocenters. The van der Waals surface area contributed by atoms with Crippen molar-refractivity contribution in [3.8, 4) is 11.1 Å². The number of aromatic nitrogens is 1. The number of H-pyrrole nitrogens is 1. The number of hydrogen-bond donors (Lipinski definition) is 1. The van der Waals surface area contributed by atoms with Crippen molar-refractivity contribution in [2.45, 2.75) is 13.1 Å². The standard InChI is InChI=1S/C13H9F4NO/c1-7-4-12(19)18-6-9(7)8-2-3-11(14)10(5-8)13(15,16)17/h2-6H,1H3,(H,18,19). The van der Waals surface area contributed by atoms with Crippen molar-refractivity contribution in [2.75, 3.05) is 0 Å². The summed E-state index contributed by atoms with van der Waals surface area (Å²) in [6, 6.07) is 4.01. The van der Waals surface area contributed by atoms with Crippen molar-refractivity contribution in [1.29, 1.82) is 0 Å². The summed E-state index contributed by atoms with van der Waals surface area (Å²) < 4.78 is 51.0. The lowest BCUT2D eigenvalue weighted by atomic mass is 10.0. The summed E-state index contributed by atoms with van der Waals surface area (Å²) >= 11 is 0. The highest BCUT2D eigenvalue weighted by Crippen LogP contribution is 2.34. The van der Waals surface area contributed by atoms with Crippen LogP contribution in [-0.4, -0.2) is 4.98 Å². The number of aromatic amines is 1. The van der Waals surface area contributed by atoms with Gasteiger partial charge in [0.2, 0.25) is 5.56 Å². The van der Waals surface area contributed by atoms with Crippen LogP contribution in [0.3, 0.4) is 0 Å². The third-order valence-electron chi connectivity index (χ3n) is 2.71. The molecular formula is C13H9F4NO. The van der Waals surface area contributed by atoms with Gasteiger partial charge in [-0.15, -0.1) is 0 Å². The number of pyridine rings is 1. The van der Waals surface area contributed by atoms with Crippen LogP contribution in [0.4, 0.5) is 17.6 Å². The molecule has 6 heteroatoms. The molecule has 1 heterocycles. The van der Waals surface area contributed by atoms with Crippen molar-refractivity contribution in [3.63, 3.8) is 0 Å². The van der Waals surface area contributed by atoms with Gasteiger partial charge in [-0.25, -0.2) is 4.39 Å². The predicted octanol–water partition coefficient (Wildman–Crippen LogP) is 3.51. The Kier molecular flexibility index (Phi) is 3.18. The Morgan fingerprint density at radius 2 is 1.84 bits per heavy atom. The van der Waals surface area contributed by atoms with Crippen LogP contribution in [0.15, 0.2) is 35.3 Å². The second-order valence-corrected chi connectivity index (χ2v) is 4.09. The van der Waals surface area contributed by atoms with Crippen LogP contribution in [0, 0.1) is 12.7 Å². The van der Waals surface area contributed by atoms with E-state index in [9.17, 15) is 22.4 Å². The van der Waals surface area contributed by atoms with Crippen molar-refractivity contribution in [1.82, 2.24) is 4.98 Å². The molecule has 1 aromatic heterocycles. The fourth-order valence-corrected chi connectivity index (χ4v) is 1.79. The highest BCUT2D eigenvalue weighted by Gasteiger charge is 2.34. The van der Waals surface area contributed by atoms with Crippen LogP contribution in [-0.2, 0) is 6.18 Å². The van der Waals surface area contributed by atoms with Crippen LogP contribution in [0.25, 0.3) is 11.1 Å². The van der Waals surface area contributed by atoms with Gasteiger partial charge in [-0.2, -0.15) is 13.2 Å². The van der Waals surface area contributed by atoms with Crippen molar-refractivity contribution >= 4 is 0 Å². The Morgan fingerprint density at radius 3 is 2.42 bits per heavy atom. The van der Waals surface area contributed by atoms with E-state index < -0.39 is 17.6 Å². The Hall–Kier alpha value is -2.11. The molecule has 0 amide bonds. The molecule has 1 aromatic carbocycles. The first-order valence-corrected chi connectivity index (χ1v) is 5.35. The van der Waals surface area contributed by atoms with E-state index in [1.54, 1.807) is 6.92 Å². The first kappa shape index (κ1) is 13.3. The molecule has 2 aromatic rings. The molecule has 2 rings (SSSR count). The second kappa shape index (κ2) is 4.53. The number of hydrogen-bond acceptors (Lipinski definition) is 1. The summed E-state index contributed by atoms with van der Waals surface area (Å²) in [6.45, 7) is 1.60. The van der Waals surface area contributed by atoms with Gasteiger partial charge in [-0.05, 0) is 30.2 Å². The summed E-state index contributed by atoms with van der Waals surface area (Å²) in [6.07, 6.45) is -3.44. The van der Waals surface area contributed by atoms with Gasteiger partial charge < -0.3 is 4.98 Å². The smallest absolute Gasteiger partial charge is 0.328 e. The molecule has 0 saturated carbocycles. The first-order chi connectivity index (χ1) is 8.79. The number of nitrogens with one attached hydrogen (secondary N) is 1. The third-order valence-corrected chi connectivity index (χ3v) is 2.71. The summed E-state index contributed by atoms with van der Waals surface area (Å²) in [4.78, 5) is 13.4. The lowest BCUT2D eigenvalue weighted by Gasteiger charge is -2.11. The Balaban J connectivity index is 2.61. The van der Waals surface area contributed by atoms with E-state index in [1.807, 2.05) is 0 Å². The molecule has 19 heavy (non-hydrogen) atoms. The molecule has 0 atom stereocenters. The Labute approximate surface area is 105 Å². The predicted molar refractivity (Wildman–Crippen MR) is 62.2 cm³/mol. The van der Waals surface area contributed by atoms with Gasteiger partial charge in [0.05, 0.1) is 5.56 Å². The molecule has 0 aliphatic heterocycles. The zero-order valence-corrected chi connectivity index (χ0v) is 9.81. The van der Waals surface area contributed by atoms with Gasteiger partial charge in [0.25, 0.3) is 0 Å². The highest BCUT2D eigenvalue weighted by molar-refractivity contribution is 5.66. The lowest BCUT2D eigenvalue weighted by molar-refractivity contribution is -0.139. The fraction of sp³-hybridized carbons (Fsp3) is 0.154. The molecule has 1 N–H and O–H groups in total. The minimum Gasteiger partial charge on any atom is -0.328 e. The highest BCUT2D eigenvalue weighted by atomic mass is 19.4. The SMILES string of the molecule is Cc1cc(=O)[nH]cc1-c1ccc(F)c(C(F)(F)F)c1. The number of aryl methyl sites for hydroxylation is 1. The second-order valence-electron chi connectivity index (χ2n) is 4.09. The largest absolute Gasteiger partial charge is 0.419 e. The minimum atomic E-state index is -4.75. The Morgan fingerprint density at radius 1 is 1.16 bits per heavy atom. The van der Waals surface area contributed by atoms with Gasteiger partial charge in [0, 0.05) is 17.8 Å². The molecule has 100 valence electrons. The molecule has 2 nitrogen and oxygen atoms in total. The van der Waals surface area contributed by atoms with E-state index in [4.69, 9.17) is 0 Å². The molecule has 0 saturated heterocycles.